The molecule has 4 nitrogen and oxygen atoms in total. The number of imide groups is 1. The second-order valence-corrected chi connectivity index (χ2v) is 5.97. The number of carbonyl (C=O) groups excluding carboxylic acids is 2. The number of carbonyl (C=O) groups is 2. The molecule has 0 aliphatic carbocycles. The minimum absolute atomic E-state index is 0.233. The predicted octanol–water partition coefficient (Wildman–Crippen LogP) is 3.96. The van der Waals surface area contributed by atoms with Crippen molar-refractivity contribution in [1.29, 1.82) is 0 Å². The molecule has 1 aliphatic rings. The Bertz CT molecular complexity index is 1020. The smallest absolute Gasteiger partial charge is 0.261 e. The number of hydrogen-bond donors (Lipinski definition) is 0. The second kappa shape index (κ2) is 5.98. The van der Waals surface area contributed by atoms with E-state index >= 15 is 0 Å². The summed E-state index contributed by atoms with van der Waals surface area (Å²) in [5.41, 5.74) is 3.38. The van der Waals surface area contributed by atoms with Gasteiger partial charge in [-0.05, 0) is 53.6 Å². The number of amides is 2. The summed E-state index contributed by atoms with van der Waals surface area (Å²) in [6, 6.07) is 15.6. The van der Waals surface area contributed by atoms with E-state index in [1.54, 1.807) is 19.2 Å². The zero-order valence-electron chi connectivity index (χ0n) is 13.8. The molecule has 2 aromatic carbocycles. The fourth-order valence-corrected chi connectivity index (χ4v) is 3.23. The molecule has 0 saturated heterocycles. The molecule has 0 N–H and O–H groups in total. The molecule has 2 heterocycles. The standard InChI is InChI=1S/C21H16N2O2/c1-2-5-20(24)23-13-18-16(21(23)25)10-9-14-7-8-15(12-17(14)18)19-6-3-4-11-22-19/h2-12H,13H2,1H3/b5-2+. The molecule has 0 saturated carbocycles. The van der Waals surface area contributed by atoms with E-state index in [1.165, 1.54) is 11.0 Å². The Hall–Kier alpha value is -3.27. The molecule has 1 aliphatic heterocycles. The van der Waals surface area contributed by atoms with E-state index in [0.29, 0.717) is 12.1 Å². The number of allylic oxidation sites excluding steroid dienone is 1. The monoisotopic (exact) mass is 328 g/mol. The van der Waals surface area contributed by atoms with Gasteiger partial charge in [-0.15, -0.1) is 0 Å². The van der Waals surface area contributed by atoms with Gasteiger partial charge in [0.05, 0.1) is 12.2 Å². The van der Waals surface area contributed by atoms with Gasteiger partial charge in [-0.25, -0.2) is 0 Å². The first-order valence-corrected chi connectivity index (χ1v) is 8.14. The first-order chi connectivity index (χ1) is 12.2. The van der Waals surface area contributed by atoms with Crippen molar-refractivity contribution >= 4 is 22.6 Å². The van der Waals surface area contributed by atoms with E-state index in [4.69, 9.17) is 0 Å². The van der Waals surface area contributed by atoms with E-state index in [-0.39, 0.29) is 11.8 Å². The fraction of sp³-hybridized carbons (Fsp3) is 0.0952. The summed E-state index contributed by atoms with van der Waals surface area (Å²) in [5, 5.41) is 2.04. The zero-order chi connectivity index (χ0) is 17.4. The van der Waals surface area contributed by atoms with Crippen molar-refractivity contribution in [3.05, 3.63) is 78.0 Å². The Balaban J connectivity index is 1.85. The highest BCUT2D eigenvalue weighted by molar-refractivity contribution is 6.13. The maximum absolute atomic E-state index is 12.6. The molecule has 0 radical (unpaired) electrons. The van der Waals surface area contributed by atoms with Gasteiger partial charge in [0.25, 0.3) is 11.8 Å². The van der Waals surface area contributed by atoms with Gasteiger partial charge in [0, 0.05) is 17.3 Å². The highest BCUT2D eigenvalue weighted by Gasteiger charge is 2.32. The Morgan fingerprint density at radius 3 is 2.76 bits per heavy atom. The average Bonchev–Trinajstić information content (AvgIpc) is 2.99. The molecular formula is C21H16N2O2. The Kier molecular flexibility index (Phi) is 3.65. The summed E-state index contributed by atoms with van der Waals surface area (Å²) in [6.07, 6.45) is 4.83. The molecule has 0 spiro atoms. The first-order valence-electron chi connectivity index (χ1n) is 8.14. The molecule has 0 bridgehead atoms. The number of hydrogen-bond acceptors (Lipinski definition) is 3. The third-order valence-corrected chi connectivity index (χ3v) is 4.46. The molecule has 0 fully saturated rings. The van der Waals surface area contributed by atoms with Gasteiger partial charge in [0.1, 0.15) is 0 Å². The summed E-state index contributed by atoms with van der Waals surface area (Å²) in [4.78, 5) is 30.4. The van der Waals surface area contributed by atoms with Gasteiger partial charge in [-0.1, -0.05) is 30.3 Å². The van der Waals surface area contributed by atoms with E-state index in [0.717, 1.165) is 27.6 Å². The lowest BCUT2D eigenvalue weighted by Crippen LogP contribution is -2.29. The van der Waals surface area contributed by atoms with Crippen molar-refractivity contribution in [2.24, 2.45) is 0 Å². The van der Waals surface area contributed by atoms with Crippen LogP contribution in [-0.4, -0.2) is 21.7 Å². The molecule has 2 amide bonds. The van der Waals surface area contributed by atoms with Crippen molar-refractivity contribution in [3.8, 4) is 11.3 Å². The van der Waals surface area contributed by atoms with E-state index < -0.39 is 0 Å². The van der Waals surface area contributed by atoms with Crippen molar-refractivity contribution in [2.75, 3.05) is 0 Å². The maximum atomic E-state index is 12.6. The number of pyridine rings is 1. The van der Waals surface area contributed by atoms with Crippen LogP contribution in [0.5, 0.6) is 0 Å². The summed E-state index contributed by atoms with van der Waals surface area (Å²) in [6.45, 7) is 2.07. The van der Waals surface area contributed by atoms with Crippen LogP contribution in [0.25, 0.3) is 22.0 Å². The first kappa shape index (κ1) is 15.3. The van der Waals surface area contributed by atoms with Crippen molar-refractivity contribution in [1.82, 2.24) is 9.88 Å². The quantitative estimate of drug-likeness (QED) is 0.669. The number of benzene rings is 2. The van der Waals surface area contributed by atoms with Crippen LogP contribution in [0.3, 0.4) is 0 Å². The van der Waals surface area contributed by atoms with Gasteiger partial charge in [-0.2, -0.15) is 0 Å². The minimum Gasteiger partial charge on any atom is -0.270 e. The fourth-order valence-electron chi connectivity index (χ4n) is 3.23. The Morgan fingerprint density at radius 2 is 2.00 bits per heavy atom. The van der Waals surface area contributed by atoms with E-state index in [2.05, 4.69) is 4.98 Å². The van der Waals surface area contributed by atoms with Crippen LogP contribution in [0, 0.1) is 0 Å². The van der Waals surface area contributed by atoms with Crippen LogP contribution in [0.2, 0.25) is 0 Å². The lowest BCUT2D eigenvalue weighted by molar-refractivity contribution is -0.123. The van der Waals surface area contributed by atoms with Crippen LogP contribution in [-0.2, 0) is 11.3 Å². The summed E-state index contributed by atoms with van der Waals surface area (Å²) < 4.78 is 0. The maximum Gasteiger partial charge on any atom is 0.261 e. The zero-order valence-corrected chi connectivity index (χ0v) is 13.8. The lowest BCUT2D eigenvalue weighted by atomic mass is 9.98. The Morgan fingerprint density at radius 1 is 1.16 bits per heavy atom. The SMILES string of the molecule is C/C=C/C(=O)N1Cc2c(ccc3ccc(-c4ccccn4)cc23)C1=O. The largest absolute Gasteiger partial charge is 0.270 e. The summed E-state index contributed by atoms with van der Waals surface area (Å²) >= 11 is 0. The molecule has 4 rings (SSSR count). The van der Waals surface area contributed by atoms with Crippen LogP contribution in [0.1, 0.15) is 22.8 Å². The average molecular weight is 328 g/mol. The Labute approximate surface area is 145 Å². The van der Waals surface area contributed by atoms with E-state index in [9.17, 15) is 9.59 Å². The molecule has 3 aromatic rings. The highest BCUT2D eigenvalue weighted by atomic mass is 16.2. The number of aromatic nitrogens is 1. The molecule has 0 unspecified atom stereocenters. The highest BCUT2D eigenvalue weighted by Crippen LogP contribution is 2.33. The van der Waals surface area contributed by atoms with Gasteiger partial charge in [0.2, 0.25) is 0 Å². The molecule has 122 valence electrons. The van der Waals surface area contributed by atoms with Crippen molar-refractivity contribution in [2.45, 2.75) is 13.5 Å². The van der Waals surface area contributed by atoms with Crippen LogP contribution < -0.4 is 0 Å². The van der Waals surface area contributed by atoms with E-state index in [1.807, 2.05) is 48.5 Å². The van der Waals surface area contributed by atoms with Crippen molar-refractivity contribution in [3.63, 3.8) is 0 Å². The summed E-state index contributed by atoms with van der Waals surface area (Å²) in [5.74, 6) is -0.513. The topological polar surface area (TPSA) is 50.3 Å². The van der Waals surface area contributed by atoms with Crippen LogP contribution >= 0.6 is 0 Å². The van der Waals surface area contributed by atoms with Gasteiger partial charge in [0.15, 0.2) is 0 Å². The molecule has 4 heteroatoms. The predicted molar refractivity (Wildman–Crippen MR) is 96.9 cm³/mol. The minimum atomic E-state index is -0.280. The molecule has 1 aromatic heterocycles. The summed E-state index contributed by atoms with van der Waals surface area (Å²) in [7, 11) is 0. The number of nitrogens with zero attached hydrogens (tertiary/aromatic N) is 2. The number of fused-ring (bicyclic) bond motifs is 3. The normalized spacial score (nSPS) is 13.6. The second-order valence-electron chi connectivity index (χ2n) is 5.97. The third kappa shape index (κ3) is 2.52. The third-order valence-electron chi connectivity index (χ3n) is 4.46. The molecule has 25 heavy (non-hydrogen) atoms. The van der Waals surface area contributed by atoms with Crippen LogP contribution in [0.4, 0.5) is 0 Å². The van der Waals surface area contributed by atoms with Gasteiger partial charge < -0.3 is 0 Å². The van der Waals surface area contributed by atoms with Gasteiger partial charge >= 0.3 is 0 Å². The lowest BCUT2D eigenvalue weighted by Gasteiger charge is -2.10. The molecule has 0 atom stereocenters. The van der Waals surface area contributed by atoms with Crippen LogP contribution in [0.15, 0.2) is 66.9 Å². The molecular weight excluding hydrogens is 312 g/mol. The number of rotatable bonds is 2. The van der Waals surface area contributed by atoms with Crippen molar-refractivity contribution < 1.29 is 9.59 Å². The van der Waals surface area contributed by atoms with Gasteiger partial charge in [-0.3, -0.25) is 19.5 Å².